The maximum atomic E-state index is 12.8. The molecule has 0 N–H and O–H groups in total. The van der Waals surface area contributed by atoms with Gasteiger partial charge in [0.2, 0.25) is 5.95 Å². The van der Waals surface area contributed by atoms with Crippen molar-refractivity contribution in [1.82, 2.24) is 9.88 Å². The second-order valence-corrected chi connectivity index (χ2v) is 4.94. The number of nitrogens with zero attached hydrogens (tertiary/aromatic N) is 2. The molecule has 0 bridgehead atoms. The van der Waals surface area contributed by atoms with Gasteiger partial charge in [0.25, 0.3) is 5.91 Å². The van der Waals surface area contributed by atoms with E-state index < -0.39 is 5.95 Å². The third kappa shape index (κ3) is 2.41. The number of carbonyl (C=O) groups excluding carboxylic acids is 1. The lowest BCUT2D eigenvalue weighted by Gasteiger charge is -2.25. The first-order chi connectivity index (χ1) is 9.75. The number of hydrogen-bond donors (Lipinski definition) is 0. The van der Waals surface area contributed by atoms with E-state index in [2.05, 4.69) is 4.98 Å². The lowest BCUT2D eigenvalue weighted by Crippen LogP contribution is -2.30. The number of carbonyl (C=O) groups is 1. The summed E-state index contributed by atoms with van der Waals surface area (Å²) in [4.78, 5) is 17.9. The molecule has 102 valence electrons. The third-order valence-electron chi connectivity index (χ3n) is 3.67. The first-order valence-electron chi connectivity index (χ1n) is 6.73. The molecule has 4 heteroatoms. The topological polar surface area (TPSA) is 33.2 Å². The molecule has 0 spiro atoms. The van der Waals surface area contributed by atoms with Crippen molar-refractivity contribution in [2.75, 3.05) is 6.54 Å². The van der Waals surface area contributed by atoms with Crippen molar-refractivity contribution in [1.29, 1.82) is 0 Å². The van der Waals surface area contributed by atoms with Crippen LogP contribution in [0, 0.1) is 5.95 Å². The maximum absolute atomic E-state index is 12.8. The molecule has 1 atom stereocenters. The molecule has 20 heavy (non-hydrogen) atoms. The highest BCUT2D eigenvalue weighted by Crippen LogP contribution is 2.32. The fourth-order valence-electron chi connectivity index (χ4n) is 2.70. The Morgan fingerprint density at radius 2 is 2.00 bits per heavy atom. The van der Waals surface area contributed by atoms with Crippen molar-refractivity contribution < 1.29 is 9.18 Å². The van der Waals surface area contributed by atoms with Gasteiger partial charge in [-0.1, -0.05) is 30.3 Å². The van der Waals surface area contributed by atoms with Crippen molar-refractivity contribution in [3.05, 3.63) is 65.7 Å². The van der Waals surface area contributed by atoms with Gasteiger partial charge in [-0.15, -0.1) is 0 Å². The van der Waals surface area contributed by atoms with Crippen LogP contribution in [0.2, 0.25) is 0 Å². The summed E-state index contributed by atoms with van der Waals surface area (Å²) in [6, 6.07) is 12.8. The second-order valence-electron chi connectivity index (χ2n) is 4.94. The summed E-state index contributed by atoms with van der Waals surface area (Å²) in [5.41, 5.74) is 1.59. The average molecular weight is 270 g/mol. The predicted octanol–water partition coefficient (Wildman–Crippen LogP) is 3.20. The van der Waals surface area contributed by atoms with Gasteiger partial charge in [-0.3, -0.25) is 4.79 Å². The molecule has 3 rings (SSSR count). The second kappa shape index (κ2) is 5.41. The number of rotatable bonds is 2. The average Bonchev–Trinajstić information content (AvgIpc) is 2.97. The van der Waals surface area contributed by atoms with Crippen LogP contribution in [-0.4, -0.2) is 22.3 Å². The van der Waals surface area contributed by atoms with E-state index in [1.54, 1.807) is 0 Å². The van der Waals surface area contributed by atoms with E-state index in [-0.39, 0.29) is 11.9 Å². The summed E-state index contributed by atoms with van der Waals surface area (Å²) in [6.07, 6.45) is 3.25. The highest BCUT2D eigenvalue weighted by Gasteiger charge is 2.30. The summed E-state index contributed by atoms with van der Waals surface area (Å²) >= 11 is 0. The molecule has 1 fully saturated rings. The van der Waals surface area contributed by atoms with Crippen LogP contribution in [0.5, 0.6) is 0 Å². The van der Waals surface area contributed by atoms with Crippen LogP contribution in [0.3, 0.4) is 0 Å². The highest BCUT2D eigenvalue weighted by molar-refractivity contribution is 5.94. The lowest BCUT2D eigenvalue weighted by atomic mass is 10.0. The van der Waals surface area contributed by atoms with Crippen LogP contribution in [-0.2, 0) is 0 Å². The van der Waals surface area contributed by atoms with E-state index >= 15 is 0 Å². The molecule has 2 heterocycles. The number of hydrogen-bond acceptors (Lipinski definition) is 2. The molecule has 1 amide bonds. The number of pyridine rings is 1. The van der Waals surface area contributed by atoms with Crippen LogP contribution in [0.25, 0.3) is 0 Å². The zero-order valence-corrected chi connectivity index (χ0v) is 11.0. The molecular weight excluding hydrogens is 255 g/mol. The van der Waals surface area contributed by atoms with Gasteiger partial charge in [0, 0.05) is 12.7 Å². The van der Waals surface area contributed by atoms with Gasteiger partial charge in [-0.2, -0.15) is 4.39 Å². The van der Waals surface area contributed by atoms with E-state index in [9.17, 15) is 9.18 Å². The SMILES string of the molecule is O=C(c1ccc(F)nc1)N1CCCC1c1ccccc1. The molecule has 1 aromatic carbocycles. The molecule has 1 unspecified atom stereocenters. The van der Waals surface area contributed by atoms with Crippen LogP contribution < -0.4 is 0 Å². The monoisotopic (exact) mass is 270 g/mol. The summed E-state index contributed by atoms with van der Waals surface area (Å²) < 4.78 is 12.8. The maximum Gasteiger partial charge on any atom is 0.255 e. The van der Waals surface area contributed by atoms with Crippen LogP contribution >= 0.6 is 0 Å². The highest BCUT2D eigenvalue weighted by atomic mass is 19.1. The summed E-state index contributed by atoms with van der Waals surface area (Å²) in [7, 11) is 0. The Morgan fingerprint density at radius 3 is 2.70 bits per heavy atom. The number of amides is 1. The molecule has 3 nitrogen and oxygen atoms in total. The molecule has 1 aliphatic rings. The Labute approximate surface area is 117 Å². The van der Waals surface area contributed by atoms with E-state index in [0.29, 0.717) is 5.56 Å². The van der Waals surface area contributed by atoms with Crippen LogP contribution in [0.1, 0.15) is 34.8 Å². The minimum atomic E-state index is -0.567. The molecule has 0 radical (unpaired) electrons. The van der Waals surface area contributed by atoms with E-state index in [1.165, 1.54) is 18.3 Å². The van der Waals surface area contributed by atoms with Gasteiger partial charge in [-0.25, -0.2) is 4.98 Å². The van der Waals surface area contributed by atoms with Gasteiger partial charge in [0.15, 0.2) is 0 Å². The van der Waals surface area contributed by atoms with Gasteiger partial charge in [-0.05, 0) is 30.5 Å². The van der Waals surface area contributed by atoms with Crippen molar-refractivity contribution in [3.8, 4) is 0 Å². The third-order valence-corrected chi connectivity index (χ3v) is 3.67. The van der Waals surface area contributed by atoms with Gasteiger partial charge in [0.1, 0.15) is 0 Å². The number of likely N-dealkylation sites (tertiary alicyclic amines) is 1. The fourth-order valence-corrected chi connectivity index (χ4v) is 2.70. The molecule has 1 aromatic heterocycles. The standard InChI is InChI=1S/C16H15FN2O/c17-15-9-8-13(11-18-15)16(20)19-10-4-7-14(19)12-5-2-1-3-6-12/h1-3,5-6,8-9,11,14H,4,7,10H2. The molecule has 0 aliphatic carbocycles. The Morgan fingerprint density at radius 1 is 1.20 bits per heavy atom. The van der Waals surface area contributed by atoms with Crippen molar-refractivity contribution >= 4 is 5.91 Å². The van der Waals surface area contributed by atoms with Crippen molar-refractivity contribution in [2.24, 2.45) is 0 Å². The molecular formula is C16H15FN2O. The van der Waals surface area contributed by atoms with Crippen molar-refractivity contribution in [3.63, 3.8) is 0 Å². The molecule has 1 saturated heterocycles. The Balaban J connectivity index is 1.85. The zero-order chi connectivity index (χ0) is 13.9. The fraction of sp³-hybridized carbons (Fsp3) is 0.250. The normalized spacial score (nSPS) is 18.2. The van der Waals surface area contributed by atoms with Gasteiger partial charge in [0.05, 0.1) is 11.6 Å². The van der Waals surface area contributed by atoms with Gasteiger partial charge < -0.3 is 4.90 Å². The zero-order valence-electron chi connectivity index (χ0n) is 11.0. The van der Waals surface area contributed by atoms with E-state index in [4.69, 9.17) is 0 Å². The van der Waals surface area contributed by atoms with Gasteiger partial charge >= 0.3 is 0 Å². The minimum Gasteiger partial charge on any atom is -0.332 e. The minimum absolute atomic E-state index is 0.0798. The Kier molecular flexibility index (Phi) is 3.46. The number of aromatic nitrogens is 1. The summed E-state index contributed by atoms with van der Waals surface area (Å²) in [5, 5.41) is 0. The quantitative estimate of drug-likeness (QED) is 0.785. The van der Waals surface area contributed by atoms with E-state index in [0.717, 1.165) is 24.9 Å². The Hall–Kier alpha value is -2.23. The summed E-state index contributed by atoms with van der Waals surface area (Å²) in [5.74, 6) is -0.647. The van der Waals surface area contributed by atoms with Crippen LogP contribution in [0.15, 0.2) is 48.7 Å². The molecule has 1 aliphatic heterocycles. The Bertz CT molecular complexity index is 598. The van der Waals surface area contributed by atoms with Crippen LogP contribution in [0.4, 0.5) is 4.39 Å². The summed E-state index contributed by atoms with van der Waals surface area (Å²) in [6.45, 7) is 0.732. The number of benzene rings is 1. The first-order valence-corrected chi connectivity index (χ1v) is 6.73. The smallest absolute Gasteiger partial charge is 0.255 e. The molecule has 0 saturated carbocycles. The van der Waals surface area contributed by atoms with Crippen molar-refractivity contribution in [2.45, 2.75) is 18.9 Å². The number of halogens is 1. The predicted molar refractivity (Wildman–Crippen MR) is 73.6 cm³/mol. The van der Waals surface area contributed by atoms with E-state index in [1.807, 2.05) is 35.2 Å². The largest absolute Gasteiger partial charge is 0.332 e. The molecule has 2 aromatic rings. The first kappa shape index (κ1) is 12.8. The lowest BCUT2D eigenvalue weighted by molar-refractivity contribution is 0.0735.